The van der Waals surface area contributed by atoms with E-state index in [2.05, 4.69) is 6.07 Å². The molecule has 0 aromatic heterocycles. The minimum Gasteiger partial charge on any atom is -0.312 e. The molecule has 0 atom stereocenters. The summed E-state index contributed by atoms with van der Waals surface area (Å²) in [5.74, 6) is 0.606. The number of amides is 1. The zero-order chi connectivity index (χ0) is 10.1. The molecule has 1 aliphatic heterocycles. The summed E-state index contributed by atoms with van der Waals surface area (Å²) in [4.78, 5) is 13.1. The Hall–Kier alpha value is -1.02. The van der Waals surface area contributed by atoms with Crippen LogP contribution in [0.4, 0.5) is 5.69 Å². The molecule has 74 valence electrons. The molecule has 0 unspecified atom stereocenters. The lowest BCUT2D eigenvalue weighted by Crippen LogP contribution is -2.25. The van der Waals surface area contributed by atoms with E-state index in [9.17, 15) is 4.79 Å². The Balaban J connectivity index is 2.41. The van der Waals surface area contributed by atoms with Crippen LogP contribution in [0.15, 0.2) is 18.2 Å². The Bertz CT molecular complexity index is 376. The van der Waals surface area contributed by atoms with Crippen molar-refractivity contribution in [1.82, 2.24) is 0 Å². The van der Waals surface area contributed by atoms with Crippen molar-refractivity contribution in [3.63, 3.8) is 0 Å². The predicted molar refractivity (Wildman–Crippen MR) is 57.7 cm³/mol. The van der Waals surface area contributed by atoms with Gasteiger partial charge in [-0.2, -0.15) is 0 Å². The molecular weight excluding hydrogens is 198 g/mol. The number of carbonyl (C=O) groups is 1. The summed E-state index contributed by atoms with van der Waals surface area (Å²) in [6.07, 6.45) is 0.956. The normalized spacial score (nSPS) is 14.3. The van der Waals surface area contributed by atoms with Gasteiger partial charge in [0.05, 0.1) is 0 Å². The summed E-state index contributed by atoms with van der Waals surface area (Å²) in [5.41, 5.74) is 3.35. The number of fused-ring (bicyclic) bond motifs is 1. The number of hydrogen-bond acceptors (Lipinski definition) is 1. The second kappa shape index (κ2) is 3.62. The summed E-state index contributed by atoms with van der Waals surface area (Å²) >= 11 is 5.75. The number of carbonyl (C=O) groups excluding carboxylic acids is 1. The first kappa shape index (κ1) is 9.53. The van der Waals surface area contributed by atoms with Crippen molar-refractivity contribution >= 4 is 23.2 Å². The topological polar surface area (TPSA) is 20.3 Å². The summed E-state index contributed by atoms with van der Waals surface area (Å²) in [5, 5.41) is 0. The van der Waals surface area contributed by atoms with Gasteiger partial charge in [0, 0.05) is 25.0 Å². The maximum Gasteiger partial charge on any atom is 0.223 e. The zero-order valence-electron chi connectivity index (χ0n) is 8.09. The largest absolute Gasteiger partial charge is 0.312 e. The van der Waals surface area contributed by atoms with Gasteiger partial charge in [-0.3, -0.25) is 4.79 Å². The predicted octanol–water partition coefficient (Wildman–Crippen LogP) is 2.33. The van der Waals surface area contributed by atoms with Crippen LogP contribution in [0.5, 0.6) is 0 Å². The van der Waals surface area contributed by atoms with E-state index in [1.807, 2.05) is 17.0 Å². The molecule has 0 bridgehead atoms. The minimum absolute atomic E-state index is 0.107. The Labute approximate surface area is 88.5 Å². The second-order valence-electron chi connectivity index (χ2n) is 3.52. The van der Waals surface area contributed by atoms with Crippen molar-refractivity contribution < 1.29 is 4.79 Å². The fourth-order valence-corrected chi connectivity index (χ4v) is 2.00. The molecule has 14 heavy (non-hydrogen) atoms. The number of nitrogens with zero attached hydrogens (tertiary/aromatic N) is 1. The molecule has 0 radical (unpaired) electrons. The van der Waals surface area contributed by atoms with Crippen LogP contribution in [-0.2, 0) is 17.1 Å². The molecule has 0 saturated heterocycles. The third kappa shape index (κ3) is 1.50. The monoisotopic (exact) mass is 209 g/mol. The quantitative estimate of drug-likeness (QED) is 0.651. The van der Waals surface area contributed by atoms with E-state index < -0.39 is 0 Å². The molecular formula is C11H12ClNO. The lowest BCUT2D eigenvalue weighted by molar-refractivity contribution is -0.116. The van der Waals surface area contributed by atoms with Crippen LogP contribution in [0, 0.1) is 0 Å². The van der Waals surface area contributed by atoms with Gasteiger partial charge in [-0.1, -0.05) is 12.1 Å². The average molecular weight is 210 g/mol. The fourth-order valence-electron chi connectivity index (χ4n) is 1.83. The smallest absolute Gasteiger partial charge is 0.223 e. The van der Waals surface area contributed by atoms with Crippen LogP contribution >= 0.6 is 11.6 Å². The molecule has 1 aliphatic rings. The Morgan fingerprint density at radius 3 is 3.00 bits per heavy atom. The first-order valence-electron chi connectivity index (χ1n) is 4.68. The van der Waals surface area contributed by atoms with E-state index in [-0.39, 0.29) is 5.91 Å². The van der Waals surface area contributed by atoms with Gasteiger partial charge in [0.1, 0.15) is 0 Å². The number of halogens is 1. The van der Waals surface area contributed by atoms with Crippen molar-refractivity contribution in [3.05, 3.63) is 29.3 Å². The van der Waals surface area contributed by atoms with Crippen molar-refractivity contribution in [2.75, 3.05) is 11.4 Å². The fraction of sp³-hybridized carbons (Fsp3) is 0.364. The van der Waals surface area contributed by atoms with E-state index in [4.69, 9.17) is 11.6 Å². The third-order valence-electron chi connectivity index (χ3n) is 2.58. The summed E-state index contributed by atoms with van der Waals surface area (Å²) in [7, 11) is 0. The maximum absolute atomic E-state index is 11.3. The lowest BCUT2D eigenvalue weighted by atomic mass is 10.1. The first-order valence-corrected chi connectivity index (χ1v) is 5.21. The number of anilines is 1. The van der Waals surface area contributed by atoms with E-state index in [1.54, 1.807) is 6.92 Å². The molecule has 1 amide bonds. The number of rotatable bonds is 1. The molecule has 1 aromatic carbocycles. The number of alkyl halides is 1. The van der Waals surface area contributed by atoms with Crippen molar-refractivity contribution in [3.8, 4) is 0 Å². The van der Waals surface area contributed by atoms with Gasteiger partial charge >= 0.3 is 0 Å². The number of hydrogen-bond donors (Lipinski definition) is 0. The first-order chi connectivity index (χ1) is 6.72. The molecule has 2 nitrogen and oxygen atoms in total. The Morgan fingerprint density at radius 1 is 1.57 bits per heavy atom. The summed E-state index contributed by atoms with van der Waals surface area (Å²) in [6, 6.07) is 6.10. The second-order valence-corrected chi connectivity index (χ2v) is 3.78. The van der Waals surface area contributed by atoms with Gasteiger partial charge in [0.2, 0.25) is 5.91 Å². The van der Waals surface area contributed by atoms with Gasteiger partial charge in [0.15, 0.2) is 0 Å². The van der Waals surface area contributed by atoms with Crippen molar-refractivity contribution in [2.24, 2.45) is 0 Å². The molecule has 1 heterocycles. The maximum atomic E-state index is 11.3. The minimum atomic E-state index is 0.107. The molecule has 1 aromatic rings. The van der Waals surface area contributed by atoms with Crippen LogP contribution in [0.3, 0.4) is 0 Å². The van der Waals surface area contributed by atoms with Gasteiger partial charge < -0.3 is 4.90 Å². The van der Waals surface area contributed by atoms with Gasteiger partial charge in [-0.05, 0) is 23.6 Å². The van der Waals surface area contributed by atoms with Crippen LogP contribution in [-0.4, -0.2) is 12.5 Å². The third-order valence-corrected chi connectivity index (χ3v) is 2.89. The molecule has 3 heteroatoms. The average Bonchev–Trinajstić information content (AvgIpc) is 2.59. The van der Waals surface area contributed by atoms with Crippen LogP contribution < -0.4 is 4.90 Å². The van der Waals surface area contributed by atoms with Gasteiger partial charge in [-0.15, -0.1) is 11.6 Å². The molecule has 0 spiro atoms. The highest BCUT2D eigenvalue weighted by Gasteiger charge is 2.21. The van der Waals surface area contributed by atoms with Crippen LogP contribution in [0.25, 0.3) is 0 Å². The highest BCUT2D eigenvalue weighted by molar-refractivity contribution is 6.17. The van der Waals surface area contributed by atoms with E-state index >= 15 is 0 Å². The lowest BCUT2D eigenvalue weighted by Gasteiger charge is -2.15. The standard InChI is InChI=1S/C11H12ClNO/c1-8(14)13-5-4-10-3-2-9(7-12)6-11(10)13/h2-3,6H,4-5,7H2,1H3. The Morgan fingerprint density at radius 2 is 2.36 bits per heavy atom. The SMILES string of the molecule is CC(=O)N1CCc2ccc(CCl)cc21. The van der Waals surface area contributed by atoms with Crippen molar-refractivity contribution in [2.45, 2.75) is 19.2 Å². The summed E-state index contributed by atoms with van der Waals surface area (Å²) in [6.45, 7) is 2.40. The highest BCUT2D eigenvalue weighted by atomic mass is 35.5. The number of benzene rings is 1. The van der Waals surface area contributed by atoms with Crippen LogP contribution in [0.1, 0.15) is 18.1 Å². The zero-order valence-corrected chi connectivity index (χ0v) is 8.84. The molecule has 0 fully saturated rings. The van der Waals surface area contributed by atoms with E-state index in [0.717, 1.165) is 24.2 Å². The van der Waals surface area contributed by atoms with Gasteiger partial charge in [-0.25, -0.2) is 0 Å². The van der Waals surface area contributed by atoms with Crippen LogP contribution in [0.2, 0.25) is 0 Å². The molecule has 0 aliphatic carbocycles. The van der Waals surface area contributed by atoms with Crippen molar-refractivity contribution in [1.29, 1.82) is 0 Å². The van der Waals surface area contributed by atoms with E-state index in [1.165, 1.54) is 5.56 Å². The molecule has 2 rings (SSSR count). The Kier molecular flexibility index (Phi) is 2.46. The molecule has 0 N–H and O–H groups in total. The van der Waals surface area contributed by atoms with E-state index in [0.29, 0.717) is 5.88 Å². The van der Waals surface area contributed by atoms with Gasteiger partial charge in [0.25, 0.3) is 0 Å². The summed E-state index contributed by atoms with van der Waals surface area (Å²) < 4.78 is 0. The molecule has 0 saturated carbocycles. The highest BCUT2D eigenvalue weighted by Crippen LogP contribution is 2.29.